The van der Waals surface area contributed by atoms with E-state index in [0.717, 1.165) is 46.5 Å². The number of aromatic nitrogens is 2. The normalized spacial score (nSPS) is 16.1. The first-order valence-electron chi connectivity index (χ1n) is 11.2. The minimum Gasteiger partial charge on any atom is -0.361 e. The molecule has 6 nitrogen and oxygen atoms in total. The van der Waals surface area contributed by atoms with Gasteiger partial charge in [0.25, 0.3) is 0 Å². The zero-order valence-corrected chi connectivity index (χ0v) is 18.7. The molecule has 2 N–H and O–H groups in total. The lowest BCUT2D eigenvalue weighted by Crippen LogP contribution is -2.32. The molecule has 4 aromatic rings. The maximum absolute atomic E-state index is 12.9. The predicted octanol–water partition coefficient (Wildman–Crippen LogP) is 4.58. The monoisotopic (exact) mass is 446 g/mol. The van der Waals surface area contributed by atoms with Gasteiger partial charge in [-0.25, -0.2) is 4.98 Å². The van der Waals surface area contributed by atoms with Crippen molar-refractivity contribution in [3.63, 3.8) is 0 Å². The zero-order chi connectivity index (χ0) is 21.9. The van der Waals surface area contributed by atoms with E-state index in [0.29, 0.717) is 6.54 Å². The summed E-state index contributed by atoms with van der Waals surface area (Å²) in [7, 11) is 0. The Morgan fingerprint density at radius 3 is 2.88 bits per heavy atom. The number of amides is 2. The van der Waals surface area contributed by atoms with E-state index < -0.39 is 0 Å². The Bertz CT molecular complexity index is 1230. The molecule has 2 aromatic carbocycles. The van der Waals surface area contributed by atoms with Crippen LogP contribution in [0.4, 0.5) is 0 Å². The first kappa shape index (κ1) is 20.7. The number of nitrogens with one attached hydrogen (secondary N) is 2. The highest BCUT2D eigenvalue weighted by Gasteiger charge is 2.32. The Morgan fingerprint density at radius 2 is 1.97 bits per heavy atom. The molecule has 5 rings (SSSR count). The van der Waals surface area contributed by atoms with Crippen LogP contribution in [-0.2, 0) is 16.0 Å². The van der Waals surface area contributed by atoms with Crippen LogP contribution in [0.2, 0.25) is 0 Å². The van der Waals surface area contributed by atoms with Gasteiger partial charge in [-0.3, -0.25) is 9.59 Å². The van der Waals surface area contributed by atoms with Crippen molar-refractivity contribution < 1.29 is 9.59 Å². The summed E-state index contributed by atoms with van der Waals surface area (Å²) in [5.41, 5.74) is 3.28. The van der Waals surface area contributed by atoms with E-state index in [1.807, 2.05) is 47.5 Å². The molecule has 1 atom stereocenters. The lowest BCUT2D eigenvalue weighted by atomic mass is 10.1. The minimum absolute atomic E-state index is 0.0323. The summed E-state index contributed by atoms with van der Waals surface area (Å²) < 4.78 is 1.15. The van der Waals surface area contributed by atoms with Gasteiger partial charge in [0.15, 0.2) is 0 Å². The van der Waals surface area contributed by atoms with Crippen LogP contribution in [0.25, 0.3) is 21.1 Å². The fourth-order valence-electron chi connectivity index (χ4n) is 4.48. The first-order chi connectivity index (χ1) is 15.7. The van der Waals surface area contributed by atoms with Gasteiger partial charge in [0.05, 0.1) is 16.3 Å². The molecule has 7 heteroatoms. The number of nitrogens with zero attached hydrogens (tertiary/aromatic N) is 2. The molecule has 0 saturated carbocycles. The van der Waals surface area contributed by atoms with Crippen LogP contribution in [0.15, 0.2) is 54.7 Å². The summed E-state index contributed by atoms with van der Waals surface area (Å²) >= 11 is 1.66. The van der Waals surface area contributed by atoms with Crippen molar-refractivity contribution >= 4 is 44.3 Å². The molecular weight excluding hydrogens is 420 g/mol. The molecule has 0 spiro atoms. The molecule has 0 bridgehead atoms. The second-order valence-electron chi connectivity index (χ2n) is 8.22. The van der Waals surface area contributed by atoms with Gasteiger partial charge in [0, 0.05) is 43.0 Å². The average Bonchev–Trinajstić information content (AvgIpc) is 3.55. The van der Waals surface area contributed by atoms with E-state index in [2.05, 4.69) is 22.4 Å². The Morgan fingerprint density at radius 1 is 1.12 bits per heavy atom. The Balaban J connectivity index is 1.12. The molecule has 1 aliphatic heterocycles. The number of carbonyl (C=O) groups excluding carboxylic acids is 2. The summed E-state index contributed by atoms with van der Waals surface area (Å²) in [5, 5.41) is 5.15. The highest BCUT2D eigenvalue weighted by atomic mass is 32.1. The molecule has 0 unspecified atom stereocenters. The van der Waals surface area contributed by atoms with Crippen molar-refractivity contribution in [2.24, 2.45) is 0 Å². The van der Waals surface area contributed by atoms with Crippen LogP contribution in [0.3, 0.4) is 0 Å². The molecule has 1 aliphatic rings. The van der Waals surface area contributed by atoms with E-state index in [9.17, 15) is 9.59 Å². The van der Waals surface area contributed by atoms with Crippen LogP contribution >= 0.6 is 11.3 Å². The minimum atomic E-state index is -0.0751. The van der Waals surface area contributed by atoms with E-state index in [1.165, 1.54) is 10.9 Å². The number of benzene rings is 2. The lowest BCUT2D eigenvalue weighted by Gasteiger charge is -2.23. The topological polar surface area (TPSA) is 78.1 Å². The highest BCUT2D eigenvalue weighted by molar-refractivity contribution is 7.18. The number of carbonyl (C=O) groups is 2. The van der Waals surface area contributed by atoms with Crippen molar-refractivity contribution in [1.82, 2.24) is 20.2 Å². The standard InChI is InChI=1S/C25H26N4O2S/c30-23(26-14-13-17-16-27-19-7-2-1-6-18(17)19)11-12-24(31)29-15-5-9-21(29)25-28-20-8-3-4-10-22(20)32-25/h1-4,6-8,10,16,21,27H,5,9,11-15H2,(H,26,30)/t21-/m1/s1. The first-order valence-corrected chi connectivity index (χ1v) is 12.0. The smallest absolute Gasteiger partial charge is 0.223 e. The van der Waals surface area contributed by atoms with Gasteiger partial charge in [0.2, 0.25) is 11.8 Å². The third kappa shape index (κ3) is 4.25. The van der Waals surface area contributed by atoms with Crippen LogP contribution in [-0.4, -0.2) is 39.8 Å². The van der Waals surface area contributed by atoms with E-state index in [1.54, 1.807) is 11.3 Å². The molecule has 2 amide bonds. The second-order valence-corrected chi connectivity index (χ2v) is 9.29. The number of thiazole rings is 1. The summed E-state index contributed by atoms with van der Waals surface area (Å²) in [4.78, 5) is 35.1. The number of para-hydroxylation sites is 2. The maximum atomic E-state index is 12.9. The van der Waals surface area contributed by atoms with Gasteiger partial charge in [-0.2, -0.15) is 0 Å². The summed E-state index contributed by atoms with van der Waals surface area (Å²) in [6.45, 7) is 1.30. The molecule has 0 aliphatic carbocycles. The third-order valence-electron chi connectivity index (χ3n) is 6.13. The molecule has 32 heavy (non-hydrogen) atoms. The van der Waals surface area contributed by atoms with Crippen LogP contribution in [0.1, 0.15) is 42.3 Å². The Kier molecular flexibility index (Phi) is 5.90. The van der Waals surface area contributed by atoms with Crippen LogP contribution in [0.5, 0.6) is 0 Å². The van der Waals surface area contributed by atoms with Gasteiger partial charge in [-0.15, -0.1) is 11.3 Å². The van der Waals surface area contributed by atoms with Crippen LogP contribution in [0, 0.1) is 0 Å². The Labute approximate surface area is 190 Å². The number of rotatable bonds is 7. The van der Waals surface area contributed by atoms with E-state index >= 15 is 0 Å². The van der Waals surface area contributed by atoms with Crippen molar-refractivity contribution in [2.75, 3.05) is 13.1 Å². The maximum Gasteiger partial charge on any atom is 0.223 e. The zero-order valence-electron chi connectivity index (χ0n) is 17.8. The number of aromatic amines is 1. The Hall–Kier alpha value is -3.19. The van der Waals surface area contributed by atoms with Gasteiger partial charge >= 0.3 is 0 Å². The number of hydrogen-bond donors (Lipinski definition) is 2. The molecule has 2 aromatic heterocycles. The average molecular weight is 447 g/mol. The van der Waals surface area contributed by atoms with E-state index in [4.69, 9.17) is 4.98 Å². The quantitative estimate of drug-likeness (QED) is 0.436. The SMILES string of the molecule is O=C(CCC(=O)N1CCC[C@@H]1c1nc2ccccc2s1)NCCc1c[nH]c2ccccc12. The summed E-state index contributed by atoms with van der Waals surface area (Å²) in [6, 6.07) is 16.3. The number of hydrogen-bond acceptors (Lipinski definition) is 4. The molecule has 1 saturated heterocycles. The second kappa shape index (κ2) is 9.12. The van der Waals surface area contributed by atoms with Crippen molar-refractivity contribution in [3.8, 4) is 0 Å². The molecule has 3 heterocycles. The van der Waals surface area contributed by atoms with Crippen LogP contribution < -0.4 is 5.32 Å². The molecule has 164 valence electrons. The molecule has 1 fully saturated rings. The summed E-state index contributed by atoms with van der Waals surface area (Å²) in [5.74, 6) is -0.0348. The van der Waals surface area contributed by atoms with Crippen molar-refractivity contribution in [1.29, 1.82) is 0 Å². The molecule has 0 radical (unpaired) electrons. The number of H-pyrrole nitrogens is 1. The third-order valence-corrected chi connectivity index (χ3v) is 7.26. The van der Waals surface area contributed by atoms with Gasteiger partial charge < -0.3 is 15.2 Å². The lowest BCUT2D eigenvalue weighted by molar-refractivity contribution is -0.134. The molecular formula is C25H26N4O2S. The fraction of sp³-hybridized carbons (Fsp3) is 0.320. The van der Waals surface area contributed by atoms with Gasteiger partial charge in [-0.05, 0) is 43.0 Å². The van der Waals surface area contributed by atoms with Crippen molar-refractivity contribution in [3.05, 3.63) is 65.3 Å². The largest absolute Gasteiger partial charge is 0.361 e. The van der Waals surface area contributed by atoms with Gasteiger partial charge in [-0.1, -0.05) is 30.3 Å². The number of likely N-dealkylation sites (tertiary alicyclic amines) is 1. The fourth-order valence-corrected chi connectivity index (χ4v) is 5.60. The van der Waals surface area contributed by atoms with E-state index in [-0.39, 0.29) is 30.7 Å². The highest BCUT2D eigenvalue weighted by Crippen LogP contribution is 2.36. The summed E-state index contributed by atoms with van der Waals surface area (Å²) in [6.07, 6.45) is 5.12. The predicted molar refractivity (Wildman–Crippen MR) is 128 cm³/mol. The van der Waals surface area contributed by atoms with Gasteiger partial charge in [0.1, 0.15) is 5.01 Å². The van der Waals surface area contributed by atoms with Crippen molar-refractivity contribution in [2.45, 2.75) is 38.1 Å². The number of fused-ring (bicyclic) bond motifs is 2.